The van der Waals surface area contributed by atoms with Crippen LogP contribution in [0.15, 0.2) is 168 Å². The molecule has 3 nitrogen and oxygen atoms in total. The summed E-state index contributed by atoms with van der Waals surface area (Å²) in [5, 5.41) is 3.61. The maximum absolute atomic E-state index is 5.94. The Hall–Kier alpha value is -6.32. The topological polar surface area (TPSA) is 38.9 Å². The van der Waals surface area contributed by atoms with E-state index >= 15 is 0 Å². The van der Waals surface area contributed by atoms with E-state index in [2.05, 4.69) is 170 Å². The lowest BCUT2D eigenvalue weighted by Gasteiger charge is -2.16. The third-order valence-corrected chi connectivity index (χ3v) is 9.46. The van der Waals surface area contributed by atoms with Crippen molar-refractivity contribution in [3.63, 3.8) is 0 Å². The van der Waals surface area contributed by atoms with Gasteiger partial charge in [0.1, 0.15) is 5.52 Å². The van der Waals surface area contributed by atoms with Gasteiger partial charge in [-0.1, -0.05) is 146 Å². The molecule has 0 aliphatic carbocycles. The van der Waals surface area contributed by atoms with Crippen LogP contribution < -0.4 is 0 Å². The molecule has 49 heavy (non-hydrogen) atoms. The van der Waals surface area contributed by atoms with Crippen LogP contribution in [0.4, 0.5) is 0 Å². The van der Waals surface area contributed by atoms with Crippen molar-refractivity contribution in [2.45, 2.75) is 13.3 Å². The van der Waals surface area contributed by atoms with E-state index in [1.54, 1.807) is 0 Å². The van der Waals surface area contributed by atoms with Crippen molar-refractivity contribution in [1.82, 2.24) is 9.97 Å². The second-order valence-electron chi connectivity index (χ2n) is 12.4. The number of aryl methyl sites for hydroxylation is 1. The Kier molecular flexibility index (Phi) is 7.09. The van der Waals surface area contributed by atoms with Crippen molar-refractivity contribution >= 4 is 32.8 Å². The van der Waals surface area contributed by atoms with Gasteiger partial charge in [-0.05, 0) is 79.5 Å². The summed E-state index contributed by atoms with van der Waals surface area (Å²) in [5.41, 5.74) is 14.2. The molecule has 0 amide bonds. The first-order valence-electron chi connectivity index (χ1n) is 16.8. The van der Waals surface area contributed by atoms with Crippen LogP contribution >= 0.6 is 0 Å². The molecule has 0 fully saturated rings. The molecule has 0 atom stereocenters. The monoisotopic (exact) mass is 628 g/mol. The van der Waals surface area contributed by atoms with Crippen LogP contribution in [0.5, 0.6) is 0 Å². The number of benzene rings is 7. The van der Waals surface area contributed by atoms with Gasteiger partial charge in [0.15, 0.2) is 11.5 Å². The summed E-state index contributed by atoms with van der Waals surface area (Å²) in [5.74, 6) is 0.768. The zero-order chi connectivity index (χ0) is 32.7. The largest absolute Gasteiger partial charge is 0.441 e. The standard InChI is InChI=1S/C46H32N2O/c1-2-45-48-42-27-25-36(28-44(42)49-45)30-16-18-33(19-17-30)38-26-24-32-12-6-7-13-37(32)46(38)35-22-20-34(21-23-35)43-29-40(31-10-4-3-5-11-31)39-14-8-9-15-41(39)47-43/h3-29H,2H2,1H3. The molecule has 0 spiro atoms. The second-order valence-corrected chi connectivity index (χ2v) is 12.4. The Balaban J connectivity index is 1.11. The van der Waals surface area contributed by atoms with E-state index in [9.17, 15) is 0 Å². The van der Waals surface area contributed by atoms with Crippen LogP contribution in [0.2, 0.25) is 0 Å². The molecule has 0 N–H and O–H groups in total. The van der Waals surface area contributed by atoms with Crippen LogP contribution in [0.3, 0.4) is 0 Å². The molecule has 9 rings (SSSR count). The van der Waals surface area contributed by atoms with Gasteiger partial charge in [0.05, 0.1) is 11.2 Å². The van der Waals surface area contributed by atoms with Gasteiger partial charge in [0, 0.05) is 17.4 Å². The Bertz CT molecular complexity index is 2620. The van der Waals surface area contributed by atoms with Crippen molar-refractivity contribution in [2.75, 3.05) is 0 Å². The number of nitrogens with zero attached hydrogens (tertiary/aromatic N) is 2. The summed E-state index contributed by atoms with van der Waals surface area (Å²) in [6, 6.07) is 58.3. The lowest BCUT2D eigenvalue weighted by molar-refractivity contribution is 0.538. The highest BCUT2D eigenvalue weighted by molar-refractivity contribution is 6.04. The Morgan fingerprint density at radius 1 is 0.449 bits per heavy atom. The van der Waals surface area contributed by atoms with Crippen LogP contribution in [-0.2, 0) is 6.42 Å². The maximum atomic E-state index is 5.94. The number of hydrogen-bond acceptors (Lipinski definition) is 3. The molecular formula is C46H32N2O. The predicted octanol–water partition coefficient (Wildman–Crippen LogP) is 12.4. The molecule has 232 valence electrons. The summed E-state index contributed by atoms with van der Waals surface area (Å²) >= 11 is 0. The van der Waals surface area contributed by atoms with Gasteiger partial charge in [-0.25, -0.2) is 9.97 Å². The first-order valence-corrected chi connectivity index (χ1v) is 16.8. The number of rotatable bonds is 6. The molecule has 0 radical (unpaired) electrons. The first-order chi connectivity index (χ1) is 24.2. The summed E-state index contributed by atoms with van der Waals surface area (Å²) in [4.78, 5) is 9.66. The van der Waals surface area contributed by atoms with Gasteiger partial charge < -0.3 is 4.42 Å². The van der Waals surface area contributed by atoms with E-state index in [0.717, 1.165) is 56.7 Å². The SMILES string of the molecule is CCc1nc2ccc(-c3ccc(-c4ccc5ccccc5c4-c4ccc(-c5cc(-c6ccccc6)c6ccccc6n5)cc4)cc3)cc2o1. The minimum absolute atomic E-state index is 0.768. The zero-order valence-corrected chi connectivity index (χ0v) is 27.1. The van der Waals surface area contributed by atoms with E-state index in [1.165, 1.54) is 44.2 Å². The van der Waals surface area contributed by atoms with Gasteiger partial charge >= 0.3 is 0 Å². The molecule has 0 aliphatic rings. The molecule has 0 saturated heterocycles. The smallest absolute Gasteiger partial charge is 0.195 e. The Morgan fingerprint density at radius 3 is 1.92 bits per heavy atom. The van der Waals surface area contributed by atoms with Crippen molar-refractivity contribution in [3.05, 3.63) is 170 Å². The highest BCUT2D eigenvalue weighted by Crippen LogP contribution is 2.40. The molecule has 0 aliphatic heterocycles. The number of hydrogen-bond donors (Lipinski definition) is 0. The summed E-state index contributed by atoms with van der Waals surface area (Å²) in [6.07, 6.45) is 0.783. The molecule has 0 saturated carbocycles. The number of fused-ring (bicyclic) bond motifs is 3. The number of aromatic nitrogens is 2. The van der Waals surface area contributed by atoms with Crippen LogP contribution in [0.1, 0.15) is 12.8 Å². The Labute approximate surface area is 285 Å². The lowest BCUT2D eigenvalue weighted by Crippen LogP contribution is -1.91. The van der Waals surface area contributed by atoms with E-state index in [-0.39, 0.29) is 0 Å². The summed E-state index contributed by atoms with van der Waals surface area (Å²) in [7, 11) is 0. The van der Waals surface area contributed by atoms with Gasteiger partial charge in [-0.2, -0.15) is 0 Å². The van der Waals surface area contributed by atoms with Crippen molar-refractivity contribution in [2.24, 2.45) is 0 Å². The average molecular weight is 629 g/mol. The normalized spacial score (nSPS) is 11.4. The number of pyridine rings is 1. The number of oxazole rings is 1. The Morgan fingerprint density at radius 2 is 1.10 bits per heavy atom. The molecule has 0 bridgehead atoms. The molecule has 0 unspecified atom stereocenters. The van der Waals surface area contributed by atoms with Crippen molar-refractivity contribution in [3.8, 4) is 55.8 Å². The van der Waals surface area contributed by atoms with Gasteiger partial charge in [-0.3, -0.25) is 0 Å². The molecule has 3 heteroatoms. The van der Waals surface area contributed by atoms with E-state index in [4.69, 9.17) is 9.40 Å². The third-order valence-electron chi connectivity index (χ3n) is 9.46. The van der Waals surface area contributed by atoms with E-state index in [1.807, 2.05) is 6.07 Å². The van der Waals surface area contributed by atoms with Crippen LogP contribution in [0.25, 0.3) is 88.5 Å². The number of para-hydroxylation sites is 1. The zero-order valence-electron chi connectivity index (χ0n) is 27.1. The molecular weight excluding hydrogens is 597 g/mol. The molecule has 2 aromatic heterocycles. The highest BCUT2D eigenvalue weighted by atomic mass is 16.3. The third kappa shape index (κ3) is 5.26. The van der Waals surface area contributed by atoms with Gasteiger partial charge in [0.25, 0.3) is 0 Å². The van der Waals surface area contributed by atoms with Crippen molar-refractivity contribution in [1.29, 1.82) is 0 Å². The quantitative estimate of drug-likeness (QED) is 0.184. The second kappa shape index (κ2) is 12.0. The predicted molar refractivity (Wildman–Crippen MR) is 203 cm³/mol. The fraction of sp³-hybridized carbons (Fsp3) is 0.0435. The fourth-order valence-corrected chi connectivity index (χ4v) is 6.96. The van der Waals surface area contributed by atoms with Crippen LogP contribution in [0, 0.1) is 0 Å². The fourth-order valence-electron chi connectivity index (χ4n) is 6.96. The molecule has 9 aromatic rings. The lowest BCUT2D eigenvalue weighted by atomic mass is 9.88. The maximum Gasteiger partial charge on any atom is 0.195 e. The average Bonchev–Trinajstić information content (AvgIpc) is 3.60. The minimum atomic E-state index is 0.768. The summed E-state index contributed by atoms with van der Waals surface area (Å²) < 4.78 is 5.94. The van der Waals surface area contributed by atoms with E-state index in [0.29, 0.717) is 0 Å². The van der Waals surface area contributed by atoms with Gasteiger partial charge in [0.2, 0.25) is 0 Å². The molecule has 7 aromatic carbocycles. The molecule has 2 heterocycles. The summed E-state index contributed by atoms with van der Waals surface area (Å²) in [6.45, 7) is 2.06. The minimum Gasteiger partial charge on any atom is -0.441 e. The van der Waals surface area contributed by atoms with Crippen LogP contribution in [-0.4, -0.2) is 9.97 Å². The van der Waals surface area contributed by atoms with Crippen molar-refractivity contribution < 1.29 is 4.42 Å². The highest BCUT2D eigenvalue weighted by Gasteiger charge is 2.15. The first kappa shape index (κ1) is 28.9. The van der Waals surface area contributed by atoms with Gasteiger partial charge in [-0.15, -0.1) is 0 Å². The van der Waals surface area contributed by atoms with E-state index < -0.39 is 0 Å².